The molecular weight excluding hydrogens is 340 g/mol. The Morgan fingerprint density at radius 2 is 2.12 bits per heavy atom. The maximum atomic E-state index is 13.1. The Labute approximate surface area is 153 Å². The van der Waals surface area contributed by atoms with E-state index < -0.39 is 0 Å². The van der Waals surface area contributed by atoms with E-state index in [1.165, 1.54) is 0 Å². The second-order valence-corrected chi connectivity index (χ2v) is 6.74. The van der Waals surface area contributed by atoms with Gasteiger partial charge in [-0.15, -0.1) is 0 Å². The van der Waals surface area contributed by atoms with Crippen LogP contribution in [0.1, 0.15) is 22.5 Å². The molecule has 1 aliphatic rings. The first kappa shape index (κ1) is 17.8. The largest absolute Gasteiger partial charge is 0.497 e. The molecular formula is C19H23ClN2O3. The van der Waals surface area contributed by atoms with Crippen molar-refractivity contribution in [2.45, 2.75) is 19.5 Å². The Morgan fingerprint density at radius 1 is 1.28 bits per heavy atom. The lowest BCUT2D eigenvalue weighted by Crippen LogP contribution is -2.34. The molecule has 1 unspecified atom stereocenters. The molecule has 3 rings (SSSR count). The quantitative estimate of drug-likeness (QED) is 0.818. The average Bonchev–Trinajstić information content (AvgIpc) is 2.97. The molecule has 2 aromatic rings. The van der Waals surface area contributed by atoms with Gasteiger partial charge in [-0.05, 0) is 42.7 Å². The van der Waals surface area contributed by atoms with Crippen LogP contribution < -0.4 is 4.74 Å². The highest BCUT2D eigenvalue weighted by Crippen LogP contribution is 2.26. The topological polar surface area (TPSA) is 43.7 Å². The van der Waals surface area contributed by atoms with Gasteiger partial charge in [-0.3, -0.25) is 4.79 Å². The molecule has 6 heteroatoms. The lowest BCUT2D eigenvalue weighted by atomic mass is 10.0. The summed E-state index contributed by atoms with van der Waals surface area (Å²) in [5.41, 5.74) is 1.61. The minimum atomic E-state index is -0.0685. The Morgan fingerprint density at radius 3 is 2.88 bits per heavy atom. The molecule has 134 valence electrons. The first-order valence-electron chi connectivity index (χ1n) is 8.38. The number of carbonyl (C=O) groups excluding carboxylic acids is 1. The van der Waals surface area contributed by atoms with Crippen LogP contribution in [-0.2, 0) is 17.8 Å². The fraction of sp³-hybridized carbons (Fsp3) is 0.421. The maximum absolute atomic E-state index is 13.1. The van der Waals surface area contributed by atoms with Crippen LogP contribution in [0.25, 0.3) is 0 Å². The van der Waals surface area contributed by atoms with Gasteiger partial charge >= 0.3 is 0 Å². The number of ether oxygens (including phenoxy) is 2. The van der Waals surface area contributed by atoms with Crippen molar-refractivity contribution in [2.24, 2.45) is 5.92 Å². The first-order chi connectivity index (χ1) is 12.1. The highest BCUT2D eigenvalue weighted by molar-refractivity contribution is 6.33. The highest BCUT2D eigenvalue weighted by atomic mass is 35.5. The number of hydrogen-bond donors (Lipinski definition) is 0. The number of benzene rings is 1. The monoisotopic (exact) mass is 362 g/mol. The van der Waals surface area contributed by atoms with Gasteiger partial charge in [0.25, 0.3) is 5.91 Å². The van der Waals surface area contributed by atoms with Crippen molar-refractivity contribution in [2.75, 3.05) is 27.4 Å². The minimum absolute atomic E-state index is 0.0685. The molecule has 0 radical (unpaired) electrons. The van der Waals surface area contributed by atoms with Crippen LogP contribution in [0.2, 0.25) is 5.02 Å². The third kappa shape index (κ3) is 3.99. The first-order valence-corrected chi connectivity index (χ1v) is 8.76. The van der Waals surface area contributed by atoms with E-state index in [-0.39, 0.29) is 5.91 Å². The fourth-order valence-corrected chi connectivity index (χ4v) is 3.46. The van der Waals surface area contributed by atoms with Crippen LogP contribution in [0.5, 0.6) is 5.75 Å². The Kier molecular flexibility index (Phi) is 5.66. The molecule has 0 saturated heterocycles. The predicted molar refractivity (Wildman–Crippen MR) is 97.2 cm³/mol. The van der Waals surface area contributed by atoms with E-state index in [2.05, 4.69) is 16.8 Å². The summed E-state index contributed by atoms with van der Waals surface area (Å²) < 4.78 is 12.7. The summed E-state index contributed by atoms with van der Waals surface area (Å²) in [4.78, 5) is 15.0. The van der Waals surface area contributed by atoms with Crippen molar-refractivity contribution in [3.05, 3.63) is 52.8 Å². The molecule has 0 saturated carbocycles. The second kappa shape index (κ2) is 7.93. The van der Waals surface area contributed by atoms with Gasteiger partial charge in [-0.1, -0.05) is 11.6 Å². The molecule has 1 atom stereocenters. The standard InChI is InChI=1S/C19H23ClN2O3/c1-24-9-7-14-11-21-8-3-4-15(21)13-22(12-14)19(23)17-10-16(25-2)5-6-18(17)20/h3-6,8,10,14H,7,9,11-13H2,1-2H3. The second-order valence-electron chi connectivity index (χ2n) is 6.33. The van der Waals surface area contributed by atoms with Crippen molar-refractivity contribution in [3.8, 4) is 5.75 Å². The summed E-state index contributed by atoms with van der Waals surface area (Å²) in [5, 5.41) is 0.443. The van der Waals surface area contributed by atoms with Gasteiger partial charge in [0, 0.05) is 38.7 Å². The molecule has 0 N–H and O–H groups in total. The molecule has 25 heavy (non-hydrogen) atoms. The minimum Gasteiger partial charge on any atom is -0.497 e. The SMILES string of the molecule is COCCC1CN(C(=O)c2cc(OC)ccc2Cl)Cc2cccn2C1. The van der Waals surface area contributed by atoms with Crippen molar-refractivity contribution in [3.63, 3.8) is 0 Å². The van der Waals surface area contributed by atoms with Crippen molar-refractivity contribution < 1.29 is 14.3 Å². The summed E-state index contributed by atoms with van der Waals surface area (Å²) in [6.07, 6.45) is 2.98. The van der Waals surface area contributed by atoms with E-state index in [0.717, 1.165) is 18.7 Å². The number of methoxy groups -OCH3 is 2. The lowest BCUT2D eigenvalue weighted by Gasteiger charge is -2.25. The Bertz CT molecular complexity index is 744. The molecule has 0 aliphatic carbocycles. The number of hydrogen-bond acceptors (Lipinski definition) is 3. The summed E-state index contributed by atoms with van der Waals surface area (Å²) in [5.74, 6) is 0.893. The van der Waals surface area contributed by atoms with Crippen LogP contribution in [-0.4, -0.2) is 42.7 Å². The van der Waals surface area contributed by atoms with Crippen molar-refractivity contribution in [1.82, 2.24) is 9.47 Å². The van der Waals surface area contributed by atoms with Crippen LogP contribution in [0.3, 0.4) is 0 Å². The molecule has 1 amide bonds. The lowest BCUT2D eigenvalue weighted by molar-refractivity contribution is 0.0705. The van der Waals surface area contributed by atoms with Gasteiger partial charge in [0.05, 0.1) is 24.2 Å². The fourth-order valence-electron chi connectivity index (χ4n) is 3.27. The van der Waals surface area contributed by atoms with Crippen LogP contribution in [0.4, 0.5) is 0 Å². The summed E-state index contributed by atoms with van der Waals surface area (Å²) in [6.45, 7) is 2.82. The van der Waals surface area contributed by atoms with Gasteiger partial charge in [-0.25, -0.2) is 0 Å². The number of aromatic nitrogens is 1. The van der Waals surface area contributed by atoms with Crippen LogP contribution in [0.15, 0.2) is 36.5 Å². The molecule has 2 heterocycles. The molecule has 1 aromatic carbocycles. The number of nitrogens with zero attached hydrogens (tertiary/aromatic N) is 2. The zero-order valence-corrected chi connectivity index (χ0v) is 15.3. The smallest absolute Gasteiger partial charge is 0.255 e. The third-order valence-corrected chi connectivity index (χ3v) is 4.96. The van der Waals surface area contributed by atoms with E-state index in [0.29, 0.717) is 41.9 Å². The maximum Gasteiger partial charge on any atom is 0.255 e. The zero-order valence-electron chi connectivity index (χ0n) is 14.6. The Hall–Kier alpha value is -1.98. The molecule has 0 fully saturated rings. The number of halogens is 1. The number of fused-ring (bicyclic) bond motifs is 1. The summed E-state index contributed by atoms with van der Waals surface area (Å²) in [7, 11) is 3.29. The predicted octanol–water partition coefficient (Wildman–Crippen LogP) is 3.46. The molecule has 0 bridgehead atoms. The van der Waals surface area contributed by atoms with E-state index in [1.807, 2.05) is 11.0 Å². The van der Waals surface area contributed by atoms with Gasteiger partial charge in [-0.2, -0.15) is 0 Å². The summed E-state index contributed by atoms with van der Waals surface area (Å²) in [6, 6.07) is 9.25. The average molecular weight is 363 g/mol. The van der Waals surface area contributed by atoms with E-state index in [4.69, 9.17) is 21.1 Å². The van der Waals surface area contributed by atoms with Gasteiger partial charge in [0.15, 0.2) is 0 Å². The van der Waals surface area contributed by atoms with Gasteiger partial charge < -0.3 is 18.9 Å². The van der Waals surface area contributed by atoms with E-state index in [9.17, 15) is 4.79 Å². The van der Waals surface area contributed by atoms with E-state index >= 15 is 0 Å². The van der Waals surface area contributed by atoms with Crippen LogP contribution >= 0.6 is 11.6 Å². The van der Waals surface area contributed by atoms with Crippen LogP contribution in [0, 0.1) is 5.92 Å². The molecule has 1 aliphatic heterocycles. The number of carbonyl (C=O) groups is 1. The molecule has 0 spiro atoms. The van der Waals surface area contributed by atoms with Gasteiger partial charge in [0.2, 0.25) is 0 Å². The van der Waals surface area contributed by atoms with Crippen molar-refractivity contribution >= 4 is 17.5 Å². The van der Waals surface area contributed by atoms with E-state index in [1.54, 1.807) is 32.4 Å². The number of amides is 1. The molecule has 1 aromatic heterocycles. The summed E-state index contributed by atoms with van der Waals surface area (Å²) >= 11 is 6.28. The van der Waals surface area contributed by atoms with Gasteiger partial charge in [0.1, 0.15) is 5.75 Å². The van der Waals surface area contributed by atoms with Crippen molar-refractivity contribution in [1.29, 1.82) is 0 Å². The Balaban J connectivity index is 1.88. The molecule has 5 nitrogen and oxygen atoms in total. The normalized spacial score (nSPS) is 17.1. The number of rotatable bonds is 5. The zero-order chi connectivity index (χ0) is 17.8. The third-order valence-electron chi connectivity index (χ3n) is 4.63. The highest BCUT2D eigenvalue weighted by Gasteiger charge is 2.26.